The highest BCUT2D eigenvalue weighted by Gasteiger charge is 2.11. The molecule has 1 rings (SSSR count). The van der Waals surface area contributed by atoms with Gasteiger partial charge in [0.15, 0.2) is 4.84 Å². The molecular weight excluding hydrogens is 295 g/mol. The van der Waals surface area contributed by atoms with Gasteiger partial charge >= 0.3 is 0 Å². The molecule has 0 saturated heterocycles. The summed E-state index contributed by atoms with van der Waals surface area (Å²) in [7, 11) is 0. The van der Waals surface area contributed by atoms with Crippen LogP contribution in [-0.4, -0.2) is 40.0 Å². The average molecular weight is 307 g/mol. The summed E-state index contributed by atoms with van der Waals surface area (Å²) in [5.41, 5.74) is 0.108. The fourth-order valence-corrected chi connectivity index (χ4v) is 1.42. The second-order valence-corrected chi connectivity index (χ2v) is 4.68. The summed E-state index contributed by atoms with van der Waals surface area (Å²) in [6.45, 7) is 0.312. The smallest absolute Gasteiger partial charge is 0.253 e. The first-order valence-corrected chi connectivity index (χ1v) is 6.14. The van der Waals surface area contributed by atoms with Crippen LogP contribution in [0.4, 0.5) is 0 Å². The van der Waals surface area contributed by atoms with Crippen molar-refractivity contribution in [2.75, 3.05) is 13.1 Å². The van der Waals surface area contributed by atoms with E-state index in [0.717, 1.165) is 6.07 Å². The number of phenolic OH excluding ortho intramolecular Hbond substituents is 2. The number of nitrogens with one attached hydrogen (secondary N) is 2. The predicted octanol–water partition coefficient (Wildman–Crippen LogP) is 0.748. The molecule has 0 radical (unpaired) electrons. The van der Waals surface area contributed by atoms with Crippen LogP contribution in [0.2, 0.25) is 0 Å². The van der Waals surface area contributed by atoms with Gasteiger partial charge in [0.05, 0.1) is 0 Å². The number of hydrogen-bond donors (Lipinski definition) is 4. The standard InChI is InChI=1S/C11H12Cl2N2O4/c12-9(13)11(19)15-2-1-14-10(18)6-3-7(16)5-8(17)4-6/h3-5,9,16-17H,1-2H2,(H,14,18)(H,15,19). The van der Waals surface area contributed by atoms with E-state index in [2.05, 4.69) is 10.6 Å². The second-order valence-electron chi connectivity index (χ2n) is 3.59. The Bertz CT molecular complexity index is 460. The average Bonchev–Trinajstić information content (AvgIpc) is 2.32. The maximum Gasteiger partial charge on any atom is 0.253 e. The van der Waals surface area contributed by atoms with Gasteiger partial charge < -0.3 is 20.8 Å². The van der Waals surface area contributed by atoms with Gasteiger partial charge in [-0.1, -0.05) is 23.2 Å². The number of halogens is 2. The van der Waals surface area contributed by atoms with Crippen molar-refractivity contribution in [3.05, 3.63) is 23.8 Å². The summed E-state index contributed by atoms with van der Waals surface area (Å²) in [4.78, 5) is 21.5. The van der Waals surface area contributed by atoms with E-state index in [-0.39, 0.29) is 30.2 Å². The van der Waals surface area contributed by atoms with E-state index in [9.17, 15) is 19.8 Å². The lowest BCUT2D eigenvalue weighted by Gasteiger charge is -2.08. The topological polar surface area (TPSA) is 98.7 Å². The van der Waals surface area contributed by atoms with E-state index >= 15 is 0 Å². The molecule has 0 aromatic heterocycles. The lowest BCUT2D eigenvalue weighted by Crippen LogP contribution is -2.36. The monoisotopic (exact) mass is 306 g/mol. The largest absolute Gasteiger partial charge is 0.508 e. The number of benzene rings is 1. The van der Waals surface area contributed by atoms with Crippen LogP contribution in [0.15, 0.2) is 18.2 Å². The minimum absolute atomic E-state index is 0.108. The molecule has 0 aliphatic heterocycles. The molecular formula is C11H12Cl2N2O4. The summed E-state index contributed by atoms with van der Waals surface area (Å²) < 4.78 is 0. The SMILES string of the molecule is O=C(NCCNC(=O)C(Cl)Cl)c1cc(O)cc(O)c1. The molecule has 0 aliphatic carbocycles. The maximum absolute atomic E-state index is 11.6. The van der Waals surface area contributed by atoms with Crippen LogP contribution in [0, 0.1) is 0 Å². The fraction of sp³-hybridized carbons (Fsp3) is 0.273. The molecule has 0 atom stereocenters. The summed E-state index contributed by atoms with van der Waals surface area (Å²) in [5.74, 6) is -1.47. The van der Waals surface area contributed by atoms with E-state index in [0.29, 0.717) is 0 Å². The van der Waals surface area contributed by atoms with Crippen LogP contribution < -0.4 is 10.6 Å². The van der Waals surface area contributed by atoms with E-state index in [1.165, 1.54) is 12.1 Å². The van der Waals surface area contributed by atoms with Gasteiger partial charge in [0, 0.05) is 24.7 Å². The number of phenols is 2. The molecule has 0 bridgehead atoms. The highest BCUT2D eigenvalue weighted by molar-refractivity contribution is 6.53. The summed E-state index contributed by atoms with van der Waals surface area (Å²) in [6.07, 6.45) is 0. The number of hydrogen-bond acceptors (Lipinski definition) is 4. The van der Waals surface area contributed by atoms with Crippen LogP contribution >= 0.6 is 23.2 Å². The Kier molecular flexibility index (Phi) is 5.72. The molecule has 0 unspecified atom stereocenters. The first-order chi connectivity index (χ1) is 8.90. The van der Waals surface area contributed by atoms with Gasteiger partial charge in [0.2, 0.25) is 0 Å². The first-order valence-electron chi connectivity index (χ1n) is 5.27. The molecule has 1 aromatic rings. The Balaban J connectivity index is 2.41. The zero-order chi connectivity index (χ0) is 14.4. The molecule has 4 N–H and O–H groups in total. The van der Waals surface area contributed by atoms with Crippen LogP contribution in [0.3, 0.4) is 0 Å². The molecule has 0 spiro atoms. The second kappa shape index (κ2) is 7.06. The van der Waals surface area contributed by atoms with Gasteiger partial charge in [0.25, 0.3) is 11.8 Å². The van der Waals surface area contributed by atoms with E-state index in [1.807, 2.05) is 0 Å². The molecule has 1 aromatic carbocycles. The van der Waals surface area contributed by atoms with Crippen molar-refractivity contribution >= 4 is 35.0 Å². The van der Waals surface area contributed by atoms with Gasteiger partial charge in [-0.25, -0.2) is 0 Å². The van der Waals surface area contributed by atoms with Crippen molar-refractivity contribution in [2.45, 2.75) is 4.84 Å². The lowest BCUT2D eigenvalue weighted by atomic mass is 10.2. The zero-order valence-corrected chi connectivity index (χ0v) is 11.2. The zero-order valence-electron chi connectivity index (χ0n) is 9.69. The van der Waals surface area contributed by atoms with Crippen molar-refractivity contribution in [3.8, 4) is 11.5 Å². The maximum atomic E-state index is 11.6. The highest BCUT2D eigenvalue weighted by Crippen LogP contribution is 2.20. The molecule has 0 heterocycles. The fourth-order valence-electron chi connectivity index (χ4n) is 1.27. The highest BCUT2D eigenvalue weighted by atomic mass is 35.5. The van der Waals surface area contributed by atoms with Crippen molar-refractivity contribution in [3.63, 3.8) is 0 Å². The third-order valence-electron chi connectivity index (χ3n) is 2.07. The van der Waals surface area contributed by atoms with Crippen LogP contribution in [0.25, 0.3) is 0 Å². The number of rotatable bonds is 5. The summed E-state index contributed by atoms with van der Waals surface area (Å²) >= 11 is 10.6. The molecule has 0 fully saturated rings. The van der Waals surface area contributed by atoms with Gasteiger partial charge in [-0.05, 0) is 12.1 Å². The van der Waals surface area contributed by atoms with Crippen molar-refractivity contribution in [1.29, 1.82) is 0 Å². The first kappa shape index (κ1) is 15.4. The number of carbonyl (C=O) groups is 2. The van der Waals surface area contributed by atoms with Crippen molar-refractivity contribution in [2.24, 2.45) is 0 Å². The third kappa shape index (κ3) is 5.23. The lowest BCUT2D eigenvalue weighted by molar-refractivity contribution is -0.119. The molecule has 8 heteroatoms. The molecule has 0 aliphatic rings. The van der Waals surface area contributed by atoms with Crippen LogP contribution in [0.5, 0.6) is 11.5 Å². The Labute approximate surface area is 119 Å². The molecule has 0 saturated carbocycles. The molecule has 104 valence electrons. The predicted molar refractivity (Wildman–Crippen MR) is 70.6 cm³/mol. The van der Waals surface area contributed by atoms with Gasteiger partial charge in [-0.3, -0.25) is 9.59 Å². The normalized spacial score (nSPS) is 10.3. The number of aromatic hydroxyl groups is 2. The Hall–Kier alpha value is -1.66. The summed E-state index contributed by atoms with van der Waals surface area (Å²) in [6, 6.07) is 3.53. The number of amides is 2. The number of alkyl halides is 2. The Morgan fingerprint density at radius 3 is 2.11 bits per heavy atom. The minimum Gasteiger partial charge on any atom is -0.508 e. The van der Waals surface area contributed by atoms with Gasteiger partial charge in [-0.15, -0.1) is 0 Å². The Morgan fingerprint density at radius 2 is 1.58 bits per heavy atom. The van der Waals surface area contributed by atoms with E-state index in [4.69, 9.17) is 23.2 Å². The molecule has 2 amide bonds. The van der Waals surface area contributed by atoms with Crippen LogP contribution in [0.1, 0.15) is 10.4 Å². The quantitative estimate of drug-likeness (QED) is 0.476. The van der Waals surface area contributed by atoms with E-state index < -0.39 is 16.7 Å². The van der Waals surface area contributed by atoms with Gasteiger partial charge in [0.1, 0.15) is 11.5 Å². The van der Waals surface area contributed by atoms with Crippen LogP contribution in [-0.2, 0) is 4.79 Å². The molecule has 19 heavy (non-hydrogen) atoms. The number of carbonyl (C=O) groups excluding carboxylic acids is 2. The summed E-state index contributed by atoms with van der Waals surface area (Å²) in [5, 5.41) is 23.3. The van der Waals surface area contributed by atoms with E-state index in [1.54, 1.807) is 0 Å². The van der Waals surface area contributed by atoms with Gasteiger partial charge in [-0.2, -0.15) is 0 Å². The molecule has 6 nitrogen and oxygen atoms in total. The third-order valence-corrected chi connectivity index (χ3v) is 2.47. The minimum atomic E-state index is -1.15. The van der Waals surface area contributed by atoms with Crippen molar-refractivity contribution in [1.82, 2.24) is 10.6 Å². The van der Waals surface area contributed by atoms with Crippen molar-refractivity contribution < 1.29 is 19.8 Å². The Morgan fingerprint density at radius 1 is 1.05 bits per heavy atom.